The third-order valence-electron chi connectivity index (χ3n) is 4.48. The normalized spacial score (nSPS) is 16.4. The molecular weight excluding hydrogens is 344 g/mol. The van der Waals surface area contributed by atoms with Gasteiger partial charge < -0.3 is 16.0 Å². The van der Waals surface area contributed by atoms with E-state index in [1.807, 2.05) is 18.2 Å². The van der Waals surface area contributed by atoms with Gasteiger partial charge in [-0.25, -0.2) is 9.97 Å². The molecule has 3 N–H and O–H groups in total. The van der Waals surface area contributed by atoms with Crippen molar-refractivity contribution in [1.29, 1.82) is 0 Å². The van der Waals surface area contributed by atoms with Crippen molar-refractivity contribution in [3.63, 3.8) is 0 Å². The summed E-state index contributed by atoms with van der Waals surface area (Å²) in [4.78, 5) is 35.2. The second kappa shape index (κ2) is 8.31. The van der Waals surface area contributed by atoms with Gasteiger partial charge in [-0.2, -0.15) is 0 Å². The third-order valence-corrected chi connectivity index (χ3v) is 4.48. The molecule has 1 aliphatic rings. The number of hydrogen-bond donors (Lipinski definition) is 2. The van der Waals surface area contributed by atoms with Crippen molar-refractivity contribution in [3.8, 4) is 0 Å². The second-order valence-electron chi connectivity index (χ2n) is 6.24. The van der Waals surface area contributed by atoms with E-state index in [4.69, 9.17) is 5.73 Å². The molecule has 0 bridgehead atoms. The Bertz CT molecular complexity index is 826. The Morgan fingerprint density at radius 3 is 2.81 bits per heavy atom. The van der Waals surface area contributed by atoms with E-state index in [2.05, 4.69) is 21.9 Å². The molecule has 27 heavy (non-hydrogen) atoms. The lowest BCUT2D eigenvalue weighted by atomic mass is 10.1. The zero-order valence-electron chi connectivity index (χ0n) is 14.9. The van der Waals surface area contributed by atoms with Gasteiger partial charge in [-0.1, -0.05) is 24.8 Å². The molecule has 0 aliphatic carbocycles. The zero-order chi connectivity index (χ0) is 19.2. The van der Waals surface area contributed by atoms with Gasteiger partial charge in [0.2, 0.25) is 12.3 Å². The van der Waals surface area contributed by atoms with E-state index >= 15 is 0 Å². The summed E-state index contributed by atoms with van der Waals surface area (Å²) in [6, 6.07) is 9.12. The number of piperidine rings is 1. The minimum absolute atomic E-state index is 0.0139. The number of benzene rings is 1. The fourth-order valence-electron chi connectivity index (χ4n) is 3.18. The largest absolute Gasteiger partial charge is 0.382 e. The minimum atomic E-state index is -0.0947. The van der Waals surface area contributed by atoms with Crippen molar-refractivity contribution >= 4 is 35.3 Å². The molecule has 0 unspecified atom stereocenters. The predicted molar refractivity (Wildman–Crippen MR) is 105 cm³/mol. The average molecular weight is 366 g/mol. The number of carbonyl (C=O) groups excluding carboxylic acids is 2. The highest BCUT2D eigenvalue weighted by atomic mass is 16.2. The third kappa shape index (κ3) is 4.05. The number of amides is 2. The van der Waals surface area contributed by atoms with Crippen LogP contribution in [0.3, 0.4) is 0 Å². The molecule has 2 amide bonds. The van der Waals surface area contributed by atoms with Gasteiger partial charge in [0.1, 0.15) is 12.0 Å². The molecule has 0 saturated carbocycles. The van der Waals surface area contributed by atoms with E-state index in [9.17, 15) is 9.59 Å². The number of carbonyl (C=O) groups is 2. The van der Waals surface area contributed by atoms with E-state index in [1.165, 1.54) is 17.3 Å². The topological polar surface area (TPSA) is 104 Å². The Morgan fingerprint density at radius 2 is 2.11 bits per heavy atom. The summed E-state index contributed by atoms with van der Waals surface area (Å²) >= 11 is 0. The van der Waals surface area contributed by atoms with Crippen LogP contribution >= 0.6 is 0 Å². The zero-order valence-corrected chi connectivity index (χ0v) is 14.9. The Hall–Kier alpha value is -3.42. The van der Waals surface area contributed by atoms with Gasteiger partial charge >= 0.3 is 0 Å². The van der Waals surface area contributed by atoms with Gasteiger partial charge in [0.15, 0.2) is 11.6 Å². The Morgan fingerprint density at radius 1 is 1.33 bits per heavy atom. The molecule has 2 heterocycles. The molecule has 8 nitrogen and oxygen atoms in total. The van der Waals surface area contributed by atoms with E-state index < -0.39 is 0 Å². The summed E-state index contributed by atoms with van der Waals surface area (Å²) in [6.45, 7) is 4.77. The number of rotatable bonds is 6. The van der Waals surface area contributed by atoms with Crippen LogP contribution in [-0.4, -0.2) is 46.3 Å². The minimum Gasteiger partial charge on any atom is -0.382 e. The van der Waals surface area contributed by atoms with Crippen molar-refractivity contribution in [2.24, 2.45) is 0 Å². The van der Waals surface area contributed by atoms with Crippen molar-refractivity contribution in [3.05, 3.63) is 49.3 Å². The molecule has 1 aromatic carbocycles. The van der Waals surface area contributed by atoms with E-state index in [0.29, 0.717) is 36.7 Å². The van der Waals surface area contributed by atoms with Crippen LogP contribution in [0.4, 0.5) is 23.0 Å². The molecule has 2 aromatic rings. The first kappa shape index (κ1) is 18.4. The molecule has 1 saturated heterocycles. The van der Waals surface area contributed by atoms with Crippen LogP contribution in [0.15, 0.2) is 49.3 Å². The Labute approximate surface area is 157 Å². The number of aromatic nitrogens is 2. The first-order chi connectivity index (χ1) is 13.1. The van der Waals surface area contributed by atoms with Crippen LogP contribution in [-0.2, 0) is 9.59 Å². The highest BCUT2D eigenvalue weighted by molar-refractivity contribution is 5.95. The molecule has 140 valence electrons. The summed E-state index contributed by atoms with van der Waals surface area (Å²) in [6.07, 6.45) is 5.09. The molecule has 8 heteroatoms. The smallest absolute Gasteiger partial charge is 0.246 e. The van der Waals surface area contributed by atoms with Gasteiger partial charge in [-0.15, -0.1) is 0 Å². The Balaban J connectivity index is 1.88. The van der Waals surface area contributed by atoms with Crippen LogP contribution in [0.25, 0.3) is 0 Å². The van der Waals surface area contributed by atoms with Crippen LogP contribution in [0.2, 0.25) is 0 Å². The number of nitrogens with one attached hydrogen (secondary N) is 1. The predicted octanol–water partition coefficient (Wildman–Crippen LogP) is 1.94. The summed E-state index contributed by atoms with van der Waals surface area (Å²) in [5, 5.41) is 3.32. The summed E-state index contributed by atoms with van der Waals surface area (Å²) in [7, 11) is 0. The van der Waals surface area contributed by atoms with Crippen molar-refractivity contribution in [2.75, 3.05) is 29.0 Å². The van der Waals surface area contributed by atoms with Gasteiger partial charge in [-0.05, 0) is 31.1 Å². The molecule has 3 rings (SSSR count). The Kier molecular flexibility index (Phi) is 5.65. The van der Waals surface area contributed by atoms with E-state index in [-0.39, 0.29) is 17.8 Å². The quantitative estimate of drug-likeness (QED) is 0.598. The first-order valence-corrected chi connectivity index (χ1v) is 8.72. The SMILES string of the molecule is C=CC(=O)N1CCC[C@@H](Nc2ncnc(N)c2N(C=O)c2ccccc2)C1. The fraction of sp³-hybridized carbons (Fsp3) is 0.263. The summed E-state index contributed by atoms with van der Waals surface area (Å²) < 4.78 is 0. The standard InChI is InChI=1S/C19H22N6O2/c1-2-16(27)24-10-6-7-14(11-24)23-19-17(18(20)21-12-22-19)25(13-26)15-8-4-3-5-9-15/h2-5,8-9,12-14H,1,6-7,10-11H2,(H3,20,21,22,23)/t14-/m1/s1. The molecule has 1 atom stereocenters. The maximum atomic E-state index is 11.9. The van der Waals surface area contributed by atoms with Crippen molar-refractivity contribution in [2.45, 2.75) is 18.9 Å². The van der Waals surface area contributed by atoms with Crippen LogP contribution in [0, 0.1) is 0 Å². The molecule has 0 spiro atoms. The van der Waals surface area contributed by atoms with E-state index in [0.717, 1.165) is 12.8 Å². The molecule has 1 aromatic heterocycles. The summed E-state index contributed by atoms with van der Waals surface area (Å²) in [5.41, 5.74) is 7.12. The monoisotopic (exact) mass is 366 g/mol. The van der Waals surface area contributed by atoms with E-state index in [1.54, 1.807) is 17.0 Å². The lowest BCUT2D eigenvalue weighted by Gasteiger charge is -2.33. The van der Waals surface area contributed by atoms with Crippen LogP contribution in [0.1, 0.15) is 12.8 Å². The summed E-state index contributed by atoms with van der Waals surface area (Å²) in [5.74, 6) is 0.553. The van der Waals surface area contributed by atoms with Gasteiger partial charge in [0, 0.05) is 24.8 Å². The highest BCUT2D eigenvalue weighted by Crippen LogP contribution is 2.34. The number of likely N-dealkylation sites (tertiary alicyclic amines) is 1. The average Bonchev–Trinajstić information content (AvgIpc) is 2.71. The lowest BCUT2D eigenvalue weighted by Crippen LogP contribution is -2.44. The van der Waals surface area contributed by atoms with Gasteiger partial charge in [0.25, 0.3) is 0 Å². The van der Waals surface area contributed by atoms with Gasteiger partial charge in [-0.3, -0.25) is 14.5 Å². The number of hydrogen-bond acceptors (Lipinski definition) is 6. The fourth-order valence-corrected chi connectivity index (χ4v) is 3.18. The number of nitrogens with two attached hydrogens (primary N) is 1. The van der Waals surface area contributed by atoms with Crippen molar-refractivity contribution < 1.29 is 9.59 Å². The molecule has 1 aliphatic heterocycles. The number of nitrogen functional groups attached to an aromatic ring is 1. The van der Waals surface area contributed by atoms with Gasteiger partial charge in [0.05, 0.1) is 0 Å². The number of para-hydroxylation sites is 1. The molecule has 0 radical (unpaired) electrons. The molecular formula is C19H22N6O2. The van der Waals surface area contributed by atoms with Crippen molar-refractivity contribution in [1.82, 2.24) is 14.9 Å². The highest BCUT2D eigenvalue weighted by Gasteiger charge is 2.25. The van der Waals surface area contributed by atoms with Crippen LogP contribution < -0.4 is 16.0 Å². The first-order valence-electron chi connectivity index (χ1n) is 8.72. The maximum absolute atomic E-state index is 11.9. The number of anilines is 4. The lowest BCUT2D eigenvalue weighted by molar-refractivity contribution is -0.127. The second-order valence-corrected chi connectivity index (χ2v) is 6.24. The number of nitrogens with zero attached hydrogens (tertiary/aromatic N) is 4. The molecule has 1 fully saturated rings. The maximum Gasteiger partial charge on any atom is 0.246 e. The van der Waals surface area contributed by atoms with Crippen LogP contribution in [0.5, 0.6) is 0 Å².